The molecule has 0 saturated carbocycles. The maximum Gasteiger partial charge on any atom is 0.150 e. The van der Waals surface area contributed by atoms with E-state index in [1.165, 1.54) is 5.57 Å². The Morgan fingerprint density at radius 3 is 2.61 bits per heavy atom. The summed E-state index contributed by atoms with van der Waals surface area (Å²) in [6.45, 7) is 10.2. The number of aromatic nitrogens is 3. The van der Waals surface area contributed by atoms with Gasteiger partial charge in [0.05, 0.1) is 0 Å². The normalized spacial score (nSPS) is 11.1. The van der Waals surface area contributed by atoms with Gasteiger partial charge in [-0.2, -0.15) is 0 Å². The van der Waals surface area contributed by atoms with Crippen LogP contribution < -0.4 is 10.5 Å². The van der Waals surface area contributed by atoms with Crippen molar-refractivity contribution >= 4 is 11.3 Å². The molecule has 4 rings (SSSR count). The van der Waals surface area contributed by atoms with E-state index in [1.54, 1.807) is 6.20 Å². The SMILES string of the molecule is C/C=C(\C)Cc1nc(-c2cccc(OCc3ccccc3)c2)c2c(N)nccn12.C=CCC. The number of rotatable bonds is 7. The monoisotopic (exact) mass is 440 g/mol. The third kappa shape index (κ3) is 6.10. The zero-order valence-electron chi connectivity index (χ0n) is 19.7. The van der Waals surface area contributed by atoms with E-state index < -0.39 is 0 Å². The second kappa shape index (κ2) is 11.7. The molecule has 33 heavy (non-hydrogen) atoms. The van der Waals surface area contributed by atoms with Crippen LogP contribution in [0.15, 0.2) is 91.3 Å². The Balaban J connectivity index is 0.000000709. The molecule has 2 heterocycles. The van der Waals surface area contributed by atoms with Gasteiger partial charge in [0.25, 0.3) is 0 Å². The zero-order valence-corrected chi connectivity index (χ0v) is 19.7. The lowest BCUT2D eigenvalue weighted by Gasteiger charge is -2.08. The summed E-state index contributed by atoms with van der Waals surface area (Å²) < 4.78 is 8.02. The first-order valence-corrected chi connectivity index (χ1v) is 11.2. The van der Waals surface area contributed by atoms with Crippen molar-refractivity contribution in [3.8, 4) is 17.0 Å². The van der Waals surface area contributed by atoms with Crippen LogP contribution in [0.5, 0.6) is 5.75 Å². The van der Waals surface area contributed by atoms with Gasteiger partial charge in [0.1, 0.15) is 35.2 Å². The summed E-state index contributed by atoms with van der Waals surface area (Å²) in [4.78, 5) is 9.19. The lowest BCUT2D eigenvalue weighted by molar-refractivity contribution is 0.306. The van der Waals surface area contributed by atoms with Crippen LogP contribution in [0.4, 0.5) is 5.82 Å². The fraction of sp³-hybridized carbons (Fsp3) is 0.214. The summed E-state index contributed by atoms with van der Waals surface area (Å²) in [7, 11) is 0. The third-order valence-corrected chi connectivity index (χ3v) is 5.23. The Morgan fingerprint density at radius 1 is 1.15 bits per heavy atom. The minimum absolute atomic E-state index is 0.468. The molecule has 0 unspecified atom stereocenters. The van der Waals surface area contributed by atoms with E-state index >= 15 is 0 Å². The fourth-order valence-electron chi connectivity index (χ4n) is 3.28. The number of nitrogens with two attached hydrogens (primary N) is 1. The first-order chi connectivity index (χ1) is 16.1. The first kappa shape index (κ1) is 23.8. The standard InChI is InChI=1S/C24H24N4O.C4H8/c1-3-17(2)14-21-27-22(23-24(25)26-12-13-28(21)23)19-10-7-11-20(15-19)29-16-18-8-5-4-6-9-18;1-3-4-2/h3-13,15H,14,16H2,1-2H3,(H2,25,26);3H,1,4H2,2H3/b17-3+;. The van der Waals surface area contributed by atoms with Crippen LogP contribution in [0.3, 0.4) is 0 Å². The summed E-state index contributed by atoms with van der Waals surface area (Å²) in [5.41, 5.74) is 11.2. The highest BCUT2D eigenvalue weighted by Gasteiger charge is 2.16. The maximum atomic E-state index is 6.23. The fourth-order valence-corrected chi connectivity index (χ4v) is 3.28. The highest BCUT2D eigenvalue weighted by atomic mass is 16.5. The van der Waals surface area contributed by atoms with E-state index in [-0.39, 0.29) is 0 Å². The Hall–Kier alpha value is -3.86. The number of hydrogen-bond acceptors (Lipinski definition) is 4. The highest BCUT2D eigenvalue weighted by molar-refractivity contribution is 5.85. The molecule has 5 nitrogen and oxygen atoms in total. The molecule has 2 aromatic carbocycles. The van der Waals surface area contributed by atoms with Crippen LogP contribution in [-0.4, -0.2) is 14.4 Å². The van der Waals surface area contributed by atoms with Gasteiger partial charge in [0.15, 0.2) is 0 Å². The van der Waals surface area contributed by atoms with E-state index in [0.29, 0.717) is 12.4 Å². The first-order valence-electron chi connectivity index (χ1n) is 11.2. The van der Waals surface area contributed by atoms with E-state index in [1.807, 2.05) is 66.1 Å². The molecule has 0 aliphatic carbocycles. The van der Waals surface area contributed by atoms with Crippen molar-refractivity contribution in [2.24, 2.45) is 0 Å². The Labute approximate surface area is 196 Å². The van der Waals surface area contributed by atoms with Crippen molar-refractivity contribution < 1.29 is 4.74 Å². The molecule has 2 aromatic heterocycles. The smallest absolute Gasteiger partial charge is 0.150 e. The molecule has 5 heteroatoms. The number of imidazole rings is 1. The minimum Gasteiger partial charge on any atom is -0.489 e. The van der Waals surface area contributed by atoms with Crippen LogP contribution >= 0.6 is 0 Å². The number of ether oxygens (including phenoxy) is 1. The van der Waals surface area contributed by atoms with Gasteiger partial charge < -0.3 is 10.5 Å². The van der Waals surface area contributed by atoms with Crippen LogP contribution in [-0.2, 0) is 13.0 Å². The second-order valence-corrected chi connectivity index (χ2v) is 7.72. The van der Waals surface area contributed by atoms with Gasteiger partial charge >= 0.3 is 0 Å². The highest BCUT2D eigenvalue weighted by Crippen LogP contribution is 2.31. The predicted octanol–water partition coefficient (Wildman–Crippen LogP) is 6.65. The van der Waals surface area contributed by atoms with E-state index in [0.717, 1.165) is 46.8 Å². The summed E-state index contributed by atoms with van der Waals surface area (Å²) in [6.07, 6.45) is 9.44. The van der Waals surface area contributed by atoms with Crippen molar-refractivity contribution in [3.63, 3.8) is 0 Å². The predicted molar refractivity (Wildman–Crippen MR) is 137 cm³/mol. The van der Waals surface area contributed by atoms with Crippen molar-refractivity contribution in [1.82, 2.24) is 14.4 Å². The number of anilines is 1. The molecular weight excluding hydrogens is 408 g/mol. The number of benzene rings is 2. The van der Waals surface area contributed by atoms with Gasteiger partial charge in [-0.3, -0.25) is 4.40 Å². The molecule has 0 spiro atoms. The van der Waals surface area contributed by atoms with Crippen molar-refractivity contribution in [2.75, 3.05) is 5.73 Å². The van der Waals surface area contributed by atoms with Crippen LogP contribution in [0, 0.1) is 0 Å². The molecule has 2 N–H and O–H groups in total. The molecule has 0 atom stereocenters. The third-order valence-electron chi connectivity index (χ3n) is 5.23. The Morgan fingerprint density at radius 2 is 1.91 bits per heavy atom. The Bertz CT molecular complexity index is 1230. The van der Waals surface area contributed by atoms with Gasteiger partial charge in [0.2, 0.25) is 0 Å². The van der Waals surface area contributed by atoms with Gasteiger partial charge in [0, 0.05) is 24.4 Å². The minimum atomic E-state index is 0.468. The largest absolute Gasteiger partial charge is 0.489 e. The molecule has 0 amide bonds. The molecule has 0 bridgehead atoms. The van der Waals surface area contributed by atoms with Gasteiger partial charge in [-0.1, -0.05) is 67.1 Å². The molecule has 0 aliphatic heterocycles. The van der Waals surface area contributed by atoms with Crippen LogP contribution in [0.25, 0.3) is 16.8 Å². The Kier molecular flexibility index (Phi) is 8.42. The summed E-state index contributed by atoms with van der Waals surface area (Å²) in [5.74, 6) is 2.20. The van der Waals surface area contributed by atoms with E-state index in [4.69, 9.17) is 15.5 Å². The zero-order chi connectivity index (χ0) is 23.6. The van der Waals surface area contributed by atoms with Gasteiger partial charge in [-0.05, 0) is 38.0 Å². The number of nitrogen functional groups attached to an aromatic ring is 1. The summed E-state index contributed by atoms with van der Waals surface area (Å²) in [6, 6.07) is 18.1. The lowest BCUT2D eigenvalue weighted by atomic mass is 10.1. The van der Waals surface area contributed by atoms with Crippen LogP contribution in [0.1, 0.15) is 38.6 Å². The molecule has 0 radical (unpaired) electrons. The lowest BCUT2D eigenvalue weighted by Crippen LogP contribution is -1.99. The number of nitrogens with zero attached hydrogens (tertiary/aromatic N) is 3. The quantitative estimate of drug-likeness (QED) is 0.327. The van der Waals surface area contributed by atoms with Crippen molar-refractivity contribution in [1.29, 1.82) is 0 Å². The number of fused-ring (bicyclic) bond motifs is 1. The van der Waals surface area contributed by atoms with Crippen LogP contribution in [0.2, 0.25) is 0 Å². The summed E-state index contributed by atoms with van der Waals surface area (Å²) >= 11 is 0. The average Bonchev–Trinajstić information content (AvgIpc) is 3.23. The maximum absolute atomic E-state index is 6.23. The van der Waals surface area contributed by atoms with Gasteiger partial charge in [-0.15, -0.1) is 6.58 Å². The molecule has 0 saturated heterocycles. The number of hydrogen-bond donors (Lipinski definition) is 1. The molecule has 0 aliphatic rings. The summed E-state index contributed by atoms with van der Waals surface area (Å²) in [5, 5.41) is 0. The van der Waals surface area contributed by atoms with E-state index in [2.05, 4.69) is 43.6 Å². The molecule has 0 fully saturated rings. The number of allylic oxidation sites excluding steroid dienone is 3. The van der Waals surface area contributed by atoms with E-state index in [9.17, 15) is 0 Å². The molecule has 4 aromatic rings. The molecule has 170 valence electrons. The van der Waals surface area contributed by atoms with Crippen molar-refractivity contribution in [3.05, 3.63) is 103 Å². The topological polar surface area (TPSA) is 65.4 Å². The second-order valence-electron chi connectivity index (χ2n) is 7.72. The van der Waals surface area contributed by atoms with Crippen molar-refractivity contribution in [2.45, 2.75) is 40.2 Å². The molecular formula is C28H32N4O. The average molecular weight is 441 g/mol. The van der Waals surface area contributed by atoms with Gasteiger partial charge in [-0.25, -0.2) is 9.97 Å².